The van der Waals surface area contributed by atoms with Crippen LogP contribution in [0.15, 0.2) is 67.3 Å². The lowest BCUT2D eigenvalue weighted by molar-refractivity contribution is -0.141. The van der Waals surface area contributed by atoms with E-state index in [-0.39, 0.29) is 11.9 Å². The number of halogens is 3. The van der Waals surface area contributed by atoms with Gasteiger partial charge in [0.1, 0.15) is 6.54 Å². The third kappa shape index (κ3) is 10.0. The van der Waals surface area contributed by atoms with Crippen molar-refractivity contribution < 1.29 is 22.8 Å². The monoisotopic (exact) mass is 596 g/mol. The number of nitrogen functional groups attached to an aromatic ring is 1. The van der Waals surface area contributed by atoms with Gasteiger partial charge in [-0.15, -0.1) is 19.4 Å². The zero-order valence-electron chi connectivity index (χ0n) is 25.1. The molecule has 1 saturated heterocycles. The number of piperidine rings is 1. The van der Waals surface area contributed by atoms with Gasteiger partial charge in [-0.3, -0.25) is 9.59 Å². The van der Waals surface area contributed by atoms with Gasteiger partial charge in [0.2, 0.25) is 5.91 Å². The second kappa shape index (κ2) is 16.6. The fourth-order valence-electron chi connectivity index (χ4n) is 5.58. The fourth-order valence-corrected chi connectivity index (χ4v) is 5.58. The Kier molecular flexibility index (Phi) is 13.5. The summed E-state index contributed by atoms with van der Waals surface area (Å²) in [6.45, 7) is 8.33. The molecule has 2 amide bonds. The molecule has 0 aromatic heterocycles. The molecule has 0 saturated carbocycles. The highest BCUT2D eigenvalue weighted by Gasteiger charge is 2.44. The molecule has 4 N–H and O–H groups in total. The molecule has 4 rings (SSSR count). The van der Waals surface area contributed by atoms with Crippen molar-refractivity contribution in [3.8, 4) is 12.8 Å². The minimum Gasteiger partial charge on any atom is -0.399 e. The van der Waals surface area contributed by atoms with Crippen LogP contribution < -0.4 is 16.4 Å². The molecule has 232 valence electrons. The van der Waals surface area contributed by atoms with Crippen molar-refractivity contribution in [2.24, 2.45) is 0 Å². The number of anilines is 1. The van der Waals surface area contributed by atoms with Crippen molar-refractivity contribution in [3.63, 3.8) is 0 Å². The molecular formula is C34H43F3N4O2. The second-order valence-corrected chi connectivity index (χ2v) is 10.7. The SMILES string of the molecule is C#C.C=CC.CC1=CC(CCCCN2CCC(NC(=O)c3cccc(N)c3)CC2)(C(=O)NCC(F)(F)F)c2ccccc21. The molecule has 2 aromatic carbocycles. The third-order valence-electron chi connectivity index (χ3n) is 7.52. The summed E-state index contributed by atoms with van der Waals surface area (Å²) in [7, 11) is 0. The van der Waals surface area contributed by atoms with E-state index in [2.05, 4.69) is 35.0 Å². The van der Waals surface area contributed by atoms with Crippen molar-refractivity contribution in [1.82, 2.24) is 15.5 Å². The van der Waals surface area contributed by atoms with E-state index >= 15 is 0 Å². The first kappa shape index (κ1) is 35.2. The number of carbonyl (C=O) groups is 2. The van der Waals surface area contributed by atoms with E-state index in [1.807, 2.05) is 44.2 Å². The average molecular weight is 597 g/mol. The number of likely N-dealkylation sites (tertiary alicyclic amines) is 1. The number of unbranched alkanes of at least 4 members (excludes halogenated alkanes) is 1. The largest absolute Gasteiger partial charge is 0.405 e. The average Bonchev–Trinajstić information content (AvgIpc) is 3.28. The first-order valence-electron chi connectivity index (χ1n) is 14.4. The van der Waals surface area contributed by atoms with Crippen LogP contribution in [0.4, 0.5) is 18.9 Å². The van der Waals surface area contributed by atoms with Crippen molar-refractivity contribution in [2.45, 2.75) is 63.6 Å². The molecule has 2 aliphatic rings. The van der Waals surface area contributed by atoms with Crippen LogP contribution in [0.2, 0.25) is 0 Å². The highest BCUT2D eigenvalue weighted by molar-refractivity contribution is 5.97. The molecule has 0 bridgehead atoms. The van der Waals surface area contributed by atoms with Crippen LogP contribution >= 0.6 is 0 Å². The fraction of sp³-hybridized carbons (Fsp3) is 0.412. The van der Waals surface area contributed by atoms with Gasteiger partial charge in [0.25, 0.3) is 5.91 Å². The quantitative estimate of drug-likeness (QED) is 0.141. The maximum atomic E-state index is 13.2. The van der Waals surface area contributed by atoms with Gasteiger partial charge >= 0.3 is 6.18 Å². The Bertz CT molecular complexity index is 1280. The minimum absolute atomic E-state index is 0.101. The molecule has 1 aliphatic carbocycles. The summed E-state index contributed by atoms with van der Waals surface area (Å²) >= 11 is 0. The Hall–Kier alpha value is -4.03. The molecule has 1 atom stereocenters. The molecule has 0 radical (unpaired) electrons. The standard InChI is InChI=1S/C29H35F3N4O2.C3H6.C2H2/c1-20-18-28(25-10-3-2-9-24(20)25,27(38)34-19-29(30,31)32)13-4-5-14-36-15-11-23(12-16-36)35-26(37)21-7-6-8-22(33)17-21;1-3-2;1-2/h2-3,6-10,17-18,23H,4-5,11-16,19,33H2,1H3,(H,34,38)(H,35,37);3H,1H2,2H3;1-2H. The van der Waals surface area contributed by atoms with Crippen LogP contribution in [0.3, 0.4) is 0 Å². The maximum absolute atomic E-state index is 13.2. The number of allylic oxidation sites excluding steroid dienone is 2. The summed E-state index contributed by atoms with van der Waals surface area (Å²) in [5.41, 5.74) is 8.38. The Morgan fingerprint density at radius 1 is 1.12 bits per heavy atom. The summed E-state index contributed by atoms with van der Waals surface area (Å²) in [5.74, 6) is -0.721. The van der Waals surface area contributed by atoms with E-state index in [4.69, 9.17) is 5.73 Å². The number of nitrogens with one attached hydrogen (secondary N) is 2. The van der Waals surface area contributed by atoms with Crippen molar-refractivity contribution in [1.29, 1.82) is 0 Å². The zero-order chi connectivity index (χ0) is 32.0. The molecule has 9 heteroatoms. The smallest absolute Gasteiger partial charge is 0.399 e. The number of fused-ring (bicyclic) bond motifs is 1. The molecule has 1 fully saturated rings. The highest BCUT2D eigenvalue weighted by atomic mass is 19.4. The first-order valence-corrected chi connectivity index (χ1v) is 14.4. The topological polar surface area (TPSA) is 87.5 Å². The molecular weight excluding hydrogens is 553 g/mol. The van der Waals surface area contributed by atoms with Gasteiger partial charge in [0.05, 0.1) is 5.41 Å². The van der Waals surface area contributed by atoms with Gasteiger partial charge in [-0.25, -0.2) is 0 Å². The molecule has 2 aromatic rings. The van der Waals surface area contributed by atoms with E-state index in [0.29, 0.717) is 24.1 Å². The first-order chi connectivity index (χ1) is 20.5. The van der Waals surface area contributed by atoms with Crippen LogP contribution in [-0.4, -0.2) is 55.1 Å². The lowest BCUT2D eigenvalue weighted by Crippen LogP contribution is -2.46. The predicted octanol–water partition coefficient (Wildman–Crippen LogP) is 6.11. The van der Waals surface area contributed by atoms with Crippen LogP contribution in [0.1, 0.15) is 67.4 Å². The molecule has 0 spiro atoms. The third-order valence-corrected chi connectivity index (χ3v) is 7.52. The molecule has 1 aliphatic heterocycles. The Balaban J connectivity index is 0.00000121. The Morgan fingerprint density at radius 2 is 1.77 bits per heavy atom. The molecule has 6 nitrogen and oxygen atoms in total. The van der Waals surface area contributed by atoms with Crippen molar-refractivity contribution in [2.75, 3.05) is 31.9 Å². The normalized spacial score (nSPS) is 18.1. The van der Waals surface area contributed by atoms with Gasteiger partial charge < -0.3 is 21.3 Å². The lowest BCUT2D eigenvalue weighted by atomic mass is 9.77. The summed E-state index contributed by atoms with van der Waals surface area (Å²) in [6.07, 6.45) is 10.8. The van der Waals surface area contributed by atoms with Crippen LogP contribution in [0.25, 0.3) is 5.57 Å². The van der Waals surface area contributed by atoms with E-state index in [1.165, 1.54) is 0 Å². The Labute approximate surface area is 253 Å². The minimum atomic E-state index is -4.46. The van der Waals surface area contributed by atoms with Gasteiger partial charge in [-0.05, 0) is 81.0 Å². The summed E-state index contributed by atoms with van der Waals surface area (Å²) in [6, 6.07) is 14.5. The highest BCUT2D eigenvalue weighted by Crippen LogP contribution is 2.44. The summed E-state index contributed by atoms with van der Waals surface area (Å²) in [4.78, 5) is 28.0. The number of benzene rings is 2. The number of alkyl halides is 3. The van der Waals surface area contributed by atoms with E-state index < -0.39 is 24.0 Å². The van der Waals surface area contributed by atoms with E-state index in [1.54, 1.807) is 30.3 Å². The van der Waals surface area contributed by atoms with Gasteiger partial charge in [-0.1, -0.05) is 48.9 Å². The van der Waals surface area contributed by atoms with Crippen LogP contribution in [0, 0.1) is 12.8 Å². The molecule has 1 heterocycles. The number of hydrogen-bond acceptors (Lipinski definition) is 4. The number of carbonyl (C=O) groups excluding carboxylic acids is 2. The number of terminal acetylenes is 1. The van der Waals surface area contributed by atoms with Crippen LogP contribution in [0.5, 0.6) is 0 Å². The Morgan fingerprint density at radius 3 is 2.40 bits per heavy atom. The van der Waals surface area contributed by atoms with E-state index in [9.17, 15) is 22.8 Å². The van der Waals surface area contributed by atoms with E-state index in [0.717, 1.165) is 55.6 Å². The van der Waals surface area contributed by atoms with Gasteiger partial charge in [-0.2, -0.15) is 13.2 Å². The summed E-state index contributed by atoms with van der Waals surface area (Å²) < 4.78 is 38.5. The van der Waals surface area contributed by atoms with Crippen molar-refractivity contribution in [3.05, 3.63) is 84.0 Å². The van der Waals surface area contributed by atoms with Gasteiger partial charge in [0.15, 0.2) is 0 Å². The van der Waals surface area contributed by atoms with Crippen molar-refractivity contribution >= 4 is 23.1 Å². The number of rotatable bonds is 9. The second-order valence-electron chi connectivity index (χ2n) is 10.7. The maximum Gasteiger partial charge on any atom is 0.405 e. The molecule has 1 unspecified atom stereocenters. The number of nitrogens with zero attached hydrogens (tertiary/aromatic N) is 1. The lowest BCUT2D eigenvalue weighted by Gasteiger charge is -2.33. The predicted molar refractivity (Wildman–Crippen MR) is 168 cm³/mol. The molecule has 43 heavy (non-hydrogen) atoms. The van der Waals surface area contributed by atoms with Gasteiger partial charge in [0, 0.05) is 30.4 Å². The number of amides is 2. The number of hydrogen-bond donors (Lipinski definition) is 3. The summed E-state index contributed by atoms with van der Waals surface area (Å²) in [5, 5.41) is 5.22. The zero-order valence-corrected chi connectivity index (χ0v) is 25.1. The number of nitrogens with two attached hydrogens (primary N) is 1. The van der Waals surface area contributed by atoms with Crippen LogP contribution in [-0.2, 0) is 10.2 Å².